The Bertz CT molecular complexity index is 196. The maximum absolute atomic E-state index is 11.1. The van der Waals surface area contributed by atoms with Crippen LogP contribution in [-0.2, 0) is 9.53 Å². The summed E-state index contributed by atoms with van der Waals surface area (Å²) in [5.41, 5.74) is 0. The fourth-order valence-corrected chi connectivity index (χ4v) is 1.68. The van der Waals surface area contributed by atoms with E-state index in [0.717, 1.165) is 38.5 Å². The summed E-state index contributed by atoms with van der Waals surface area (Å²) >= 11 is 0. The standard InChI is InChI=1S/C13H26O5/c14-9-10-18-13(17)8-6-4-2-1-3-5-7-12(16)11-15/h12,14-16H,1-11H2. The Hall–Kier alpha value is -0.650. The van der Waals surface area contributed by atoms with Gasteiger partial charge in [0, 0.05) is 6.42 Å². The van der Waals surface area contributed by atoms with Gasteiger partial charge in [0.15, 0.2) is 0 Å². The van der Waals surface area contributed by atoms with Gasteiger partial charge in [-0.1, -0.05) is 32.1 Å². The monoisotopic (exact) mass is 262 g/mol. The summed E-state index contributed by atoms with van der Waals surface area (Å²) in [5, 5.41) is 26.2. The summed E-state index contributed by atoms with van der Waals surface area (Å²) in [4.78, 5) is 11.1. The molecule has 18 heavy (non-hydrogen) atoms. The summed E-state index contributed by atoms with van der Waals surface area (Å²) in [7, 11) is 0. The third-order valence-electron chi connectivity index (χ3n) is 2.73. The molecule has 5 heteroatoms. The van der Waals surface area contributed by atoms with E-state index >= 15 is 0 Å². The average Bonchev–Trinajstić information content (AvgIpc) is 2.38. The minimum absolute atomic E-state index is 0.0893. The Morgan fingerprint density at radius 3 is 2.22 bits per heavy atom. The van der Waals surface area contributed by atoms with Crippen molar-refractivity contribution in [2.75, 3.05) is 19.8 Å². The topological polar surface area (TPSA) is 87.0 Å². The van der Waals surface area contributed by atoms with Crippen molar-refractivity contribution in [1.82, 2.24) is 0 Å². The maximum atomic E-state index is 11.1. The van der Waals surface area contributed by atoms with E-state index in [1.165, 1.54) is 0 Å². The Morgan fingerprint density at radius 1 is 1.00 bits per heavy atom. The molecule has 0 aromatic heterocycles. The van der Waals surface area contributed by atoms with Gasteiger partial charge in [-0.3, -0.25) is 4.79 Å². The van der Waals surface area contributed by atoms with Gasteiger partial charge < -0.3 is 20.1 Å². The van der Waals surface area contributed by atoms with Gasteiger partial charge in [0.05, 0.1) is 19.3 Å². The first kappa shape index (κ1) is 17.4. The van der Waals surface area contributed by atoms with Crippen LogP contribution >= 0.6 is 0 Å². The van der Waals surface area contributed by atoms with Crippen LogP contribution in [0, 0.1) is 0 Å². The molecule has 0 aliphatic heterocycles. The van der Waals surface area contributed by atoms with Crippen molar-refractivity contribution < 1.29 is 24.9 Å². The lowest BCUT2D eigenvalue weighted by Gasteiger charge is -2.06. The summed E-state index contributed by atoms with van der Waals surface area (Å²) in [6, 6.07) is 0. The number of ether oxygens (including phenoxy) is 1. The van der Waals surface area contributed by atoms with E-state index in [-0.39, 0.29) is 25.8 Å². The van der Waals surface area contributed by atoms with Crippen molar-refractivity contribution in [3.8, 4) is 0 Å². The van der Waals surface area contributed by atoms with Crippen LogP contribution in [0.1, 0.15) is 51.4 Å². The van der Waals surface area contributed by atoms with Crippen molar-refractivity contribution in [3.05, 3.63) is 0 Å². The molecule has 0 aliphatic carbocycles. The van der Waals surface area contributed by atoms with Crippen molar-refractivity contribution in [2.24, 2.45) is 0 Å². The fourth-order valence-electron chi connectivity index (χ4n) is 1.68. The summed E-state index contributed by atoms with van der Waals surface area (Å²) in [6.07, 6.45) is 6.46. The lowest BCUT2D eigenvalue weighted by atomic mass is 10.1. The highest BCUT2D eigenvalue weighted by Gasteiger charge is 2.02. The average molecular weight is 262 g/mol. The quantitative estimate of drug-likeness (QED) is 0.361. The normalized spacial score (nSPS) is 12.4. The third kappa shape index (κ3) is 11.8. The van der Waals surface area contributed by atoms with Crippen LogP contribution in [0.2, 0.25) is 0 Å². The Balaban J connectivity index is 3.14. The molecule has 0 rings (SSSR count). The van der Waals surface area contributed by atoms with Crippen LogP contribution < -0.4 is 0 Å². The molecule has 0 bridgehead atoms. The molecule has 0 heterocycles. The van der Waals surface area contributed by atoms with Gasteiger partial charge in [0.2, 0.25) is 0 Å². The third-order valence-corrected chi connectivity index (χ3v) is 2.73. The molecule has 0 aromatic rings. The summed E-state index contributed by atoms with van der Waals surface area (Å²) in [6.45, 7) is -0.187. The Kier molecular flexibility index (Phi) is 12.3. The van der Waals surface area contributed by atoms with Gasteiger partial charge in [0.25, 0.3) is 0 Å². The summed E-state index contributed by atoms with van der Waals surface area (Å²) in [5.74, 6) is -0.241. The van der Waals surface area contributed by atoms with Gasteiger partial charge in [-0.2, -0.15) is 0 Å². The molecule has 0 saturated heterocycles. The second-order valence-electron chi connectivity index (χ2n) is 4.44. The van der Waals surface area contributed by atoms with E-state index < -0.39 is 6.10 Å². The summed E-state index contributed by atoms with van der Waals surface area (Å²) < 4.78 is 4.73. The van der Waals surface area contributed by atoms with Gasteiger partial charge >= 0.3 is 5.97 Å². The van der Waals surface area contributed by atoms with Crippen molar-refractivity contribution in [3.63, 3.8) is 0 Å². The zero-order valence-corrected chi connectivity index (χ0v) is 11.0. The number of esters is 1. The van der Waals surface area contributed by atoms with Crippen LogP contribution in [0.4, 0.5) is 0 Å². The van der Waals surface area contributed by atoms with E-state index in [0.29, 0.717) is 12.8 Å². The first-order chi connectivity index (χ1) is 8.70. The SMILES string of the molecule is O=C(CCCCCCCCC(O)CO)OCCO. The molecule has 108 valence electrons. The lowest BCUT2D eigenvalue weighted by Crippen LogP contribution is -2.10. The molecule has 3 N–H and O–H groups in total. The van der Waals surface area contributed by atoms with E-state index in [4.69, 9.17) is 20.1 Å². The van der Waals surface area contributed by atoms with Crippen molar-refractivity contribution in [2.45, 2.75) is 57.5 Å². The van der Waals surface area contributed by atoms with Crippen LogP contribution in [0.3, 0.4) is 0 Å². The molecule has 0 fully saturated rings. The smallest absolute Gasteiger partial charge is 0.305 e. The molecular weight excluding hydrogens is 236 g/mol. The molecule has 0 aromatic carbocycles. The molecule has 0 saturated carbocycles. The number of carbonyl (C=O) groups excluding carboxylic acids is 1. The van der Waals surface area contributed by atoms with E-state index in [1.807, 2.05) is 0 Å². The number of unbranched alkanes of at least 4 members (excludes halogenated alkanes) is 5. The predicted octanol–water partition coefficient (Wildman–Crippen LogP) is 0.996. The molecule has 0 aliphatic rings. The zero-order valence-electron chi connectivity index (χ0n) is 11.0. The molecule has 1 atom stereocenters. The van der Waals surface area contributed by atoms with Crippen LogP contribution in [0.5, 0.6) is 0 Å². The Labute approximate surface area is 109 Å². The largest absolute Gasteiger partial charge is 0.463 e. The minimum Gasteiger partial charge on any atom is -0.463 e. The maximum Gasteiger partial charge on any atom is 0.305 e. The van der Waals surface area contributed by atoms with E-state index in [1.54, 1.807) is 0 Å². The number of rotatable bonds is 12. The fraction of sp³-hybridized carbons (Fsp3) is 0.923. The molecule has 0 amide bonds. The first-order valence-corrected chi connectivity index (χ1v) is 6.76. The number of hydrogen-bond donors (Lipinski definition) is 3. The molecule has 0 spiro atoms. The van der Waals surface area contributed by atoms with Crippen LogP contribution in [0.15, 0.2) is 0 Å². The lowest BCUT2D eigenvalue weighted by molar-refractivity contribution is -0.144. The minimum atomic E-state index is -0.578. The molecular formula is C13H26O5. The predicted molar refractivity (Wildman–Crippen MR) is 68.1 cm³/mol. The number of aliphatic hydroxyl groups excluding tert-OH is 3. The van der Waals surface area contributed by atoms with E-state index in [2.05, 4.69) is 0 Å². The highest BCUT2D eigenvalue weighted by molar-refractivity contribution is 5.69. The number of hydrogen-bond acceptors (Lipinski definition) is 5. The van der Waals surface area contributed by atoms with Crippen molar-refractivity contribution >= 4 is 5.97 Å². The second kappa shape index (κ2) is 12.8. The van der Waals surface area contributed by atoms with Gasteiger partial charge in [-0.15, -0.1) is 0 Å². The van der Waals surface area contributed by atoms with Gasteiger partial charge in [0.1, 0.15) is 6.61 Å². The zero-order chi connectivity index (χ0) is 13.6. The molecule has 5 nitrogen and oxygen atoms in total. The van der Waals surface area contributed by atoms with Crippen LogP contribution in [0.25, 0.3) is 0 Å². The highest BCUT2D eigenvalue weighted by atomic mass is 16.5. The van der Waals surface area contributed by atoms with Gasteiger partial charge in [-0.25, -0.2) is 0 Å². The van der Waals surface area contributed by atoms with Gasteiger partial charge in [-0.05, 0) is 12.8 Å². The van der Waals surface area contributed by atoms with Crippen molar-refractivity contribution in [1.29, 1.82) is 0 Å². The first-order valence-electron chi connectivity index (χ1n) is 6.76. The molecule has 0 radical (unpaired) electrons. The molecule has 1 unspecified atom stereocenters. The highest BCUT2D eigenvalue weighted by Crippen LogP contribution is 2.10. The number of carbonyl (C=O) groups is 1. The second-order valence-corrected chi connectivity index (χ2v) is 4.44. The Morgan fingerprint density at radius 2 is 1.61 bits per heavy atom. The van der Waals surface area contributed by atoms with E-state index in [9.17, 15) is 4.79 Å². The number of aliphatic hydroxyl groups is 3. The van der Waals surface area contributed by atoms with Crippen LogP contribution in [-0.4, -0.2) is 47.2 Å².